The summed E-state index contributed by atoms with van der Waals surface area (Å²) >= 11 is 0. The molecule has 0 bridgehead atoms. The van der Waals surface area contributed by atoms with E-state index in [1.54, 1.807) is 0 Å². The second-order valence-electron chi connectivity index (χ2n) is 6.11. The summed E-state index contributed by atoms with van der Waals surface area (Å²) in [6.07, 6.45) is 4.75. The molecule has 2 aromatic rings. The number of para-hydroxylation sites is 1. The summed E-state index contributed by atoms with van der Waals surface area (Å²) in [5, 5.41) is 3.05. The van der Waals surface area contributed by atoms with Crippen molar-refractivity contribution in [2.45, 2.75) is 45.2 Å². The van der Waals surface area contributed by atoms with Gasteiger partial charge >= 0.3 is 0 Å². The van der Waals surface area contributed by atoms with Crippen molar-refractivity contribution in [1.82, 2.24) is 15.3 Å². The molecule has 0 fully saturated rings. The molecule has 0 saturated carbocycles. The lowest BCUT2D eigenvalue weighted by Crippen LogP contribution is -2.44. The molecule has 0 aliphatic carbocycles. The molecule has 1 aliphatic heterocycles. The van der Waals surface area contributed by atoms with Crippen molar-refractivity contribution in [2.24, 2.45) is 0 Å². The summed E-state index contributed by atoms with van der Waals surface area (Å²) in [6, 6.07) is 7.84. The minimum atomic E-state index is -0.228. The van der Waals surface area contributed by atoms with Gasteiger partial charge in [0.15, 0.2) is 0 Å². The zero-order chi connectivity index (χ0) is 16.4. The van der Waals surface area contributed by atoms with Gasteiger partial charge in [0.05, 0.1) is 12.1 Å². The van der Waals surface area contributed by atoms with Gasteiger partial charge in [-0.05, 0) is 32.0 Å². The Balaban J connectivity index is 1.96. The van der Waals surface area contributed by atoms with E-state index >= 15 is 0 Å². The molecule has 0 radical (unpaired) electrons. The number of nitrogens with zero attached hydrogens (tertiary/aromatic N) is 2. The van der Waals surface area contributed by atoms with Gasteiger partial charge in [-0.2, -0.15) is 0 Å². The molecule has 0 saturated heterocycles. The maximum atomic E-state index is 12.9. The number of fused-ring (bicyclic) bond motifs is 1. The lowest BCUT2D eigenvalue weighted by molar-refractivity contribution is -0.120. The van der Waals surface area contributed by atoms with E-state index in [1.165, 1.54) is 5.56 Å². The average Bonchev–Trinajstić information content (AvgIpc) is 3.17. The van der Waals surface area contributed by atoms with Crippen LogP contribution < -0.4 is 10.2 Å². The number of carbonyl (C=O) groups excluding carboxylic acids is 1. The Morgan fingerprint density at radius 3 is 3.00 bits per heavy atom. The third-order valence-electron chi connectivity index (χ3n) is 4.50. The van der Waals surface area contributed by atoms with Crippen LogP contribution in [0.15, 0.2) is 30.5 Å². The van der Waals surface area contributed by atoms with Gasteiger partial charge in [0.25, 0.3) is 0 Å². The first-order valence-electron chi connectivity index (χ1n) is 8.27. The number of hydrogen-bond donors (Lipinski definition) is 2. The fourth-order valence-corrected chi connectivity index (χ4v) is 3.15. The highest BCUT2D eigenvalue weighted by molar-refractivity contribution is 5.99. The number of H-pyrrole nitrogens is 1. The van der Waals surface area contributed by atoms with Crippen LogP contribution >= 0.6 is 0 Å². The van der Waals surface area contributed by atoms with Crippen LogP contribution in [0.2, 0.25) is 0 Å². The summed E-state index contributed by atoms with van der Waals surface area (Å²) in [6.45, 7) is 4.04. The third kappa shape index (κ3) is 2.88. The van der Waals surface area contributed by atoms with Crippen LogP contribution in [0.1, 0.15) is 43.4 Å². The molecule has 2 N–H and O–H groups in total. The monoisotopic (exact) mass is 312 g/mol. The average molecular weight is 312 g/mol. The normalized spacial score (nSPS) is 18.0. The Morgan fingerprint density at radius 1 is 1.48 bits per heavy atom. The first-order chi connectivity index (χ1) is 11.2. The van der Waals surface area contributed by atoms with Gasteiger partial charge in [0, 0.05) is 24.0 Å². The van der Waals surface area contributed by atoms with Crippen LogP contribution in [-0.2, 0) is 17.6 Å². The maximum Gasteiger partial charge on any atom is 0.244 e. The second-order valence-corrected chi connectivity index (χ2v) is 6.11. The number of rotatable bonds is 5. The van der Waals surface area contributed by atoms with E-state index in [-0.39, 0.29) is 18.0 Å². The highest BCUT2D eigenvalue weighted by Gasteiger charge is 2.37. The zero-order valence-corrected chi connectivity index (χ0v) is 14.0. The van der Waals surface area contributed by atoms with E-state index in [0.717, 1.165) is 36.5 Å². The molecule has 1 amide bonds. The summed E-state index contributed by atoms with van der Waals surface area (Å²) < 4.78 is 0. The van der Waals surface area contributed by atoms with Crippen LogP contribution in [-0.4, -0.2) is 29.0 Å². The lowest BCUT2D eigenvalue weighted by atomic mass is 10.1. The summed E-state index contributed by atoms with van der Waals surface area (Å²) in [5.41, 5.74) is 3.33. The largest absolute Gasteiger partial charge is 0.344 e. The van der Waals surface area contributed by atoms with Crippen molar-refractivity contribution >= 4 is 11.6 Å². The molecule has 2 atom stereocenters. The van der Waals surface area contributed by atoms with Crippen molar-refractivity contribution in [3.63, 3.8) is 0 Å². The van der Waals surface area contributed by atoms with Gasteiger partial charge in [-0.15, -0.1) is 0 Å². The summed E-state index contributed by atoms with van der Waals surface area (Å²) in [4.78, 5) is 22.7. The molecule has 5 nitrogen and oxygen atoms in total. The van der Waals surface area contributed by atoms with E-state index in [0.29, 0.717) is 0 Å². The first-order valence-corrected chi connectivity index (χ1v) is 8.27. The smallest absolute Gasteiger partial charge is 0.244 e. The molecular weight excluding hydrogens is 288 g/mol. The number of benzene rings is 1. The molecule has 3 rings (SSSR count). The number of nitrogens with one attached hydrogen (secondary N) is 2. The molecule has 1 aromatic carbocycles. The van der Waals surface area contributed by atoms with Gasteiger partial charge in [0.2, 0.25) is 5.91 Å². The fraction of sp³-hybridized carbons (Fsp3) is 0.444. The van der Waals surface area contributed by atoms with Gasteiger partial charge in [0.1, 0.15) is 5.82 Å². The Hall–Kier alpha value is -2.14. The maximum absolute atomic E-state index is 12.9. The predicted octanol–water partition coefficient (Wildman–Crippen LogP) is 2.60. The Morgan fingerprint density at radius 2 is 2.26 bits per heavy atom. The molecule has 1 aliphatic rings. The molecule has 23 heavy (non-hydrogen) atoms. The number of hydrogen-bond acceptors (Lipinski definition) is 3. The minimum absolute atomic E-state index is 0.0543. The van der Waals surface area contributed by atoms with E-state index in [2.05, 4.69) is 28.3 Å². The van der Waals surface area contributed by atoms with Crippen LogP contribution in [0.4, 0.5) is 5.69 Å². The Bertz CT molecular complexity index is 694. The molecule has 5 heteroatoms. The van der Waals surface area contributed by atoms with Crippen LogP contribution in [0.25, 0.3) is 0 Å². The Labute approximate surface area is 137 Å². The summed E-state index contributed by atoms with van der Waals surface area (Å²) in [5.74, 6) is 0.956. The van der Waals surface area contributed by atoms with E-state index in [9.17, 15) is 4.79 Å². The Kier molecular flexibility index (Phi) is 4.48. The van der Waals surface area contributed by atoms with Crippen LogP contribution in [0.5, 0.6) is 0 Å². The lowest BCUT2D eigenvalue weighted by Gasteiger charge is -2.27. The van der Waals surface area contributed by atoms with Crippen molar-refractivity contribution in [3.8, 4) is 0 Å². The molecule has 1 aromatic heterocycles. The third-order valence-corrected chi connectivity index (χ3v) is 4.50. The van der Waals surface area contributed by atoms with Gasteiger partial charge < -0.3 is 10.3 Å². The number of aromatic nitrogens is 2. The SMILES string of the molecule is CCCc1cnc(C2Cc3ccccc3N2C(=O)C(C)NC)[nH]1. The van der Waals surface area contributed by atoms with Gasteiger partial charge in [-0.3, -0.25) is 9.69 Å². The van der Waals surface area contributed by atoms with E-state index < -0.39 is 0 Å². The predicted molar refractivity (Wildman–Crippen MR) is 91.5 cm³/mol. The van der Waals surface area contributed by atoms with E-state index in [4.69, 9.17) is 0 Å². The molecule has 2 heterocycles. The zero-order valence-electron chi connectivity index (χ0n) is 14.0. The van der Waals surface area contributed by atoms with Gasteiger partial charge in [-0.25, -0.2) is 4.98 Å². The number of likely N-dealkylation sites (N-methyl/N-ethyl adjacent to an activating group) is 1. The number of imidazole rings is 1. The fourth-order valence-electron chi connectivity index (χ4n) is 3.15. The number of anilines is 1. The highest BCUT2D eigenvalue weighted by Crippen LogP contribution is 2.39. The molecular formula is C18H24N4O. The number of aromatic amines is 1. The van der Waals surface area contributed by atoms with Gasteiger partial charge in [-0.1, -0.05) is 31.5 Å². The number of carbonyl (C=O) groups is 1. The topological polar surface area (TPSA) is 61.0 Å². The summed E-state index contributed by atoms with van der Waals surface area (Å²) in [7, 11) is 1.81. The molecule has 0 spiro atoms. The highest BCUT2D eigenvalue weighted by atomic mass is 16.2. The standard InChI is InChI=1S/C18H24N4O/c1-4-7-14-11-20-17(21-14)16-10-13-8-5-6-9-15(13)22(16)18(23)12(2)19-3/h5-6,8-9,11-12,16,19H,4,7,10H2,1-3H3,(H,20,21). The molecule has 2 unspecified atom stereocenters. The van der Waals surface area contributed by atoms with Crippen LogP contribution in [0.3, 0.4) is 0 Å². The number of aryl methyl sites for hydroxylation is 1. The van der Waals surface area contributed by atoms with E-state index in [1.807, 2.05) is 43.3 Å². The minimum Gasteiger partial charge on any atom is -0.344 e. The first kappa shape index (κ1) is 15.7. The molecule has 122 valence electrons. The van der Waals surface area contributed by atoms with Crippen molar-refractivity contribution in [1.29, 1.82) is 0 Å². The van der Waals surface area contributed by atoms with Crippen molar-refractivity contribution in [3.05, 3.63) is 47.5 Å². The van der Waals surface area contributed by atoms with Crippen LogP contribution in [0, 0.1) is 0 Å². The second kappa shape index (κ2) is 6.54. The van der Waals surface area contributed by atoms with Crippen molar-refractivity contribution in [2.75, 3.05) is 11.9 Å². The number of amides is 1. The quantitative estimate of drug-likeness (QED) is 0.892. The van der Waals surface area contributed by atoms with Crippen molar-refractivity contribution < 1.29 is 4.79 Å².